The maximum absolute atomic E-state index is 13.5. The van der Waals surface area contributed by atoms with Crippen molar-refractivity contribution in [1.29, 1.82) is 0 Å². The summed E-state index contributed by atoms with van der Waals surface area (Å²) in [4.78, 5) is 23.7. The van der Waals surface area contributed by atoms with Crippen LogP contribution >= 0.6 is 0 Å². The standard InChI is InChI=1S/C16H13F3N2O3/c1-2-24-12-6-4-3-5-10(12)20-15(22)16(23)21-11-8-7-9(17)13(18)14(11)19/h3-8H,2H2,1H3,(H,20,22)(H,21,23). The number of carbonyl (C=O) groups is 2. The van der Waals surface area contributed by atoms with Crippen LogP contribution in [0.2, 0.25) is 0 Å². The molecule has 2 N–H and O–H groups in total. The van der Waals surface area contributed by atoms with Crippen molar-refractivity contribution in [2.24, 2.45) is 0 Å². The first-order valence-electron chi connectivity index (χ1n) is 6.91. The highest BCUT2D eigenvalue weighted by Gasteiger charge is 2.20. The molecule has 0 atom stereocenters. The molecule has 2 aromatic carbocycles. The lowest BCUT2D eigenvalue weighted by atomic mass is 10.2. The number of hydrogen-bond acceptors (Lipinski definition) is 3. The van der Waals surface area contributed by atoms with E-state index in [9.17, 15) is 22.8 Å². The van der Waals surface area contributed by atoms with E-state index in [1.54, 1.807) is 25.1 Å². The first-order chi connectivity index (χ1) is 11.4. The van der Waals surface area contributed by atoms with Gasteiger partial charge in [-0.05, 0) is 31.2 Å². The Bertz CT molecular complexity index is 781. The fraction of sp³-hybridized carbons (Fsp3) is 0.125. The minimum Gasteiger partial charge on any atom is -0.492 e. The third-order valence-electron chi connectivity index (χ3n) is 2.92. The summed E-state index contributed by atoms with van der Waals surface area (Å²) < 4.78 is 44.7. The van der Waals surface area contributed by atoms with Crippen molar-refractivity contribution in [2.75, 3.05) is 17.2 Å². The largest absolute Gasteiger partial charge is 0.492 e. The van der Waals surface area contributed by atoms with Crippen LogP contribution in [0.25, 0.3) is 0 Å². The molecule has 0 bridgehead atoms. The molecule has 0 aromatic heterocycles. The molecular formula is C16H13F3N2O3. The number of ether oxygens (including phenoxy) is 1. The van der Waals surface area contributed by atoms with Crippen molar-refractivity contribution in [3.63, 3.8) is 0 Å². The minimum atomic E-state index is -1.74. The third-order valence-corrected chi connectivity index (χ3v) is 2.92. The van der Waals surface area contributed by atoms with E-state index < -0.39 is 35.0 Å². The second kappa shape index (κ2) is 7.49. The minimum absolute atomic E-state index is 0.241. The molecule has 0 radical (unpaired) electrons. The highest BCUT2D eigenvalue weighted by molar-refractivity contribution is 6.43. The SMILES string of the molecule is CCOc1ccccc1NC(=O)C(=O)Nc1ccc(F)c(F)c1F. The summed E-state index contributed by atoms with van der Waals surface area (Å²) in [5, 5.41) is 4.17. The summed E-state index contributed by atoms with van der Waals surface area (Å²) in [6.45, 7) is 2.09. The Hall–Kier alpha value is -3.03. The summed E-state index contributed by atoms with van der Waals surface area (Å²) in [6, 6.07) is 7.84. The Morgan fingerprint density at radius 2 is 1.54 bits per heavy atom. The topological polar surface area (TPSA) is 67.4 Å². The quantitative estimate of drug-likeness (QED) is 0.665. The summed E-state index contributed by atoms with van der Waals surface area (Å²) in [6.07, 6.45) is 0. The van der Waals surface area contributed by atoms with Crippen LogP contribution in [0.15, 0.2) is 36.4 Å². The molecule has 0 spiro atoms. The number of benzene rings is 2. The molecule has 126 valence electrons. The van der Waals surface area contributed by atoms with Crippen LogP contribution in [0.5, 0.6) is 5.75 Å². The highest BCUT2D eigenvalue weighted by Crippen LogP contribution is 2.24. The number of rotatable bonds is 4. The van der Waals surface area contributed by atoms with Crippen molar-refractivity contribution < 1.29 is 27.5 Å². The number of para-hydroxylation sites is 2. The van der Waals surface area contributed by atoms with Gasteiger partial charge in [-0.25, -0.2) is 13.2 Å². The van der Waals surface area contributed by atoms with Gasteiger partial charge >= 0.3 is 11.8 Å². The Morgan fingerprint density at radius 3 is 2.21 bits per heavy atom. The molecule has 5 nitrogen and oxygen atoms in total. The summed E-state index contributed by atoms with van der Waals surface area (Å²) >= 11 is 0. The average Bonchev–Trinajstić information content (AvgIpc) is 2.57. The number of carbonyl (C=O) groups excluding carboxylic acids is 2. The summed E-state index contributed by atoms with van der Waals surface area (Å²) in [7, 11) is 0. The molecule has 0 aliphatic rings. The molecule has 2 aromatic rings. The monoisotopic (exact) mass is 338 g/mol. The van der Waals surface area contributed by atoms with E-state index in [0.717, 1.165) is 6.07 Å². The van der Waals surface area contributed by atoms with Crippen LogP contribution in [0.3, 0.4) is 0 Å². The van der Waals surface area contributed by atoms with Gasteiger partial charge in [-0.2, -0.15) is 0 Å². The van der Waals surface area contributed by atoms with Crippen LogP contribution in [0.4, 0.5) is 24.5 Å². The fourth-order valence-corrected chi connectivity index (χ4v) is 1.83. The summed E-state index contributed by atoms with van der Waals surface area (Å²) in [5.74, 6) is -6.75. The predicted molar refractivity (Wildman–Crippen MR) is 81.2 cm³/mol. The number of hydrogen-bond donors (Lipinski definition) is 2. The molecule has 2 rings (SSSR count). The summed E-state index contributed by atoms with van der Waals surface area (Å²) in [5.41, 5.74) is -0.405. The van der Waals surface area contributed by atoms with Crippen LogP contribution < -0.4 is 15.4 Å². The van der Waals surface area contributed by atoms with E-state index in [-0.39, 0.29) is 5.69 Å². The number of nitrogens with one attached hydrogen (secondary N) is 2. The average molecular weight is 338 g/mol. The van der Waals surface area contributed by atoms with E-state index in [4.69, 9.17) is 4.74 Å². The lowest BCUT2D eigenvalue weighted by Gasteiger charge is -2.11. The molecule has 8 heteroatoms. The zero-order chi connectivity index (χ0) is 17.7. The zero-order valence-electron chi connectivity index (χ0n) is 12.5. The Labute approximate surface area is 135 Å². The molecule has 0 fully saturated rings. The number of anilines is 2. The van der Waals surface area contributed by atoms with E-state index in [2.05, 4.69) is 5.32 Å². The van der Waals surface area contributed by atoms with Gasteiger partial charge in [0.1, 0.15) is 5.75 Å². The van der Waals surface area contributed by atoms with Gasteiger partial charge in [0.15, 0.2) is 17.5 Å². The molecule has 2 amide bonds. The Balaban J connectivity index is 2.11. The molecule has 0 aliphatic heterocycles. The lowest BCUT2D eigenvalue weighted by Crippen LogP contribution is -2.29. The second-order valence-electron chi connectivity index (χ2n) is 4.56. The van der Waals surface area contributed by atoms with Gasteiger partial charge in [-0.1, -0.05) is 12.1 Å². The van der Waals surface area contributed by atoms with Gasteiger partial charge in [0.05, 0.1) is 18.0 Å². The van der Waals surface area contributed by atoms with E-state index in [0.29, 0.717) is 18.4 Å². The Kier molecular flexibility index (Phi) is 5.41. The van der Waals surface area contributed by atoms with Gasteiger partial charge in [-0.15, -0.1) is 0 Å². The van der Waals surface area contributed by atoms with Crippen LogP contribution in [-0.4, -0.2) is 18.4 Å². The molecule has 24 heavy (non-hydrogen) atoms. The van der Waals surface area contributed by atoms with E-state index >= 15 is 0 Å². The van der Waals surface area contributed by atoms with Crippen molar-refractivity contribution in [1.82, 2.24) is 0 Å². The fourth-order valence-electron chi connectivity index (χ4n) is 1.83. The van der Waals surface area contributed by atoms with E-state index in [1.807, 2.05) is 5.32 Å². The van der Waals surface area contributed by atoms with Crippen molar-refractivity contribution in [3.8, 4) is 5.75 Å². The van der Waals surface area contributed by atoms with Crippen LogP contribution in [-0.2, 0) is 9.59 Å². The second-order valence-corrected chi connectivity index (χ2v) is 4.56. The number of halogens is 3. The normalized spacial score (nSPS) is 10.2. The molecule has 0 unspecified atom stereocenters. The van der Waals surface area contributed by atoms with Gasteiger partial charge in [0.2, 0.25) is 0 Å². The van der Waals surface area contributed by atoms with Gasteiger partial charge < -0.3 is 15.4 Å². The smallest absolute Gasteiger partial charge is 0.314 e. The lowest BCUT2D eigenvalue weighted by molar-refractivity contribution is -0.133. The van der Waals surface area contributed by atoms with Gasteiger partial charge in [0, 0.05) is 0 Å². The first-order valence-corrected chi connectivity index (χ1v) is 6.91. The van der Waals surface area contributed by atoms with Crippen molar-refractivity contribution >= 4 is 23.2 Å². The van der Waals surface area contributed by atoms with Crippen molar-refractivity contribution in [3.05, 3.63) is 53.8 Å². The number of amides is 2. The molecule has 0 saturated carbocycles. The third kappa shape index (κ3) is 3.83. The molecule has 0 saturated heterocycles. The van der Waals surface area contributed by atoms with Gasteiger partial charge in [-0.3, -0.25) is 9.59 Å². The predicted octanol–water partition coefficient (Wildman–Crippen LogP) is 3.08. The molecule has 0 aliphatic carbocycles. The van der Waals surface area contributed by atoms with Crippen LogP contribution in [0, 0.1) is 17.5 Å². The molecular weight excluding hydrogens is 325 g/mol. The maximum Gasteiger partial charge on any atom is 0.314 e. The van der Waals surface area contributed by atoms with E-state index in [1.165, 1.54) is 6.07 Å². The van der Waals surface area contributed by atoms with Crippen molar-refractivity contribution in [2.45, 2.75) is 6.92 Å². The highest BCUT2D eigenvalue weighted by atomic mass is 19.2. The molecule has 0 heterocycles. The van der Waals surface area contributed by atoms with Gasteiger partial charge in [0.25, 0.3) is 0 Å². The zero-order valence-corrected chi connectivity index (χ0v) is 12.5. The Morgan fingerprint density at radius 1 is 0.917 bits per heavy atom. The van der Waals surface area contributed by atoms with Crippen LogP contribution in [0.1, 0.15) is 6.92 Å². The maximum atomic E-state index is 13.5. The first kappa shape index (κ1) is 17.3.